The van der Waals surface area contributed by atoms with Crippen LogP contribution in [0.15, 0.2) is 0 Å². The van der Waals surface area contributed by atoms with Gasteiger partial charge in [-0.2, -0.15) is 13.2 Å². The fourth-order valence-corrected chi connectivity index (χ4v) is 3.35. The molecule has 1 N–H and O–H groups in total. The number of halogens is 3. The highest BCUT2D eigenvalue weighted by atomic mass is 19.4. The molecule has 1 heterocycles. The molecule has 106 valence electrons. The van der Waals surface area contributed by atoms with E-state index in [1.54, 1.807) is 0 Å². The molecule has 0 amide bonds. The van der Waals surface area contributed by atoms with Crippen molar-refractivity contribution in [2.45, 2.75) is 57.9 Å². The molecule has 1 saturated carbocycles. The van der Waals surface area contributed by atoms with Gasteiger partial charge >= 0.3 is 6.18 Å². The van der Waals surface area contributed by atoms with Gasteiger partial charge in [0, 0.05) is 12.6 Å². The highest BCUT2D eigenvalue weighted by Crippen LogP contribution is 2.43. The number of alkyl halides is 3. The first-order chi connectivity index (χ1) is 8.19. The number of aliphatic hydroxyl groups is 1. The first-order valence-corrected chi connectivity index (χ1v) is 6.68. The Morgan fingerprint density at radius 3 is 2.39 bits per heavy atom. The van der Waals surface area contributed by atoms with Gasteiger partial charge in [0.05, 0.1) is 12.0 Å². The van der Waals surface area contributed by atoms with E-state index in [-0.39, 0.29) is 24.7 Å². The van der Waals surface area contributed by atoms with E-state index in [0.717, 1.165) is 13.0 Å². The molecular weight excluding hydrogens is 243 g/mol. The van der Waals surface area contributed by atoms with Crippen molar-refractivity contribution < 1.29 is 18.3 Å². The van der Waals surface area contributed by atoms with Gasteiger partial charge in [-0.3, -0.25) is 4.90 Å². The van der Waals surface area contributed by atoms with Crippen LogP contribution < -0.4 is 0 Å². The SMILES string of the molecule is CC1(C)CCN(C2CC(O)CCC2C(F)(F)F)C1. The van der Waals surface area contributed by atoms with Gasteiger partial charge in [-0.1, -0.05) is 13.8 Å². The minimum absolute atomic E-state index is 0.0618. The Morgan fingerprint density at radius 2 is 1.89 bits per heavy atom. The maximum Gasteiger partial charge on any atom is 0.393 e. The van der Waals surface area contributed by atoms with E-state index in [1.165, 1.54) is 0 Å². The van der Waals surface area contributed by atoms with Gasteiger partial charge in [0.1, 0.15) is 0 Å². The number of hydrogen-bond donors (Lipinski definition) is 1. The van der Waals surface area contributed by atoms with Crippen molar-refractivity contribution in [1.29, 1.82) is 0 Å². The summed E-state index contributed by atoms with van der Waals surface area (Å²) in [4.78, 5) is 1.94. The standard InChI is InChI=1S/C13H22F3NO/c1-12(2)5-6-17(8-12)11-7-9(18)3-4-10(11)13(14,15)16/h9-11,18H,3-8H2,1-2H3. The maximum absolute atomic E-state index is 13.1. The Kier molecular flexibility index (Phi) is 3.67. The average Bonchev–Trinajstić information content (AvgIpc) is 2.57. The number of likely N-dealkylation sites (tertiary alicyclic amines) is 1. The Hall–Kier alpha value is -0.290. The summed E-state index contributed by atoms with van der Waals surface area (Å²) in [6, 6.07) is -0.532. The van der Waals surface area contributed by atoms with Crippen molar-refractivity contribution in [3.63, 3.8) is 0 Å². The number of hydrogen-bond acceptors (Lipinski definition) is 2. The maximum atomic E-state index is 13.1. The van der Waals surface area contributed by atoms with Crippen molar-refractivity contribution in [3.8, 4) is 0 Å². The molecule has 1 aliphatic heterocycles. The monoisotopic (exact) mass is 265 g/mol. The van der Waals surface area contributed by atoms with Crippen LogP contribution in [0.25, 0.3) is 0 Å². The summed E-state index contributed by atoms with van der Waals surface area (Å²) < 4.78 is 39.2. The zero-order valence-corrected chi connectivity index (χ0v) is 11.0. The summed E-state index contributed by atoms with van der Waals surface area (Å²) in [5, 5.41) is 9.66. The summed E-state index contributed by atoms with van der Waals surface area (Å²) in [7, 11) is 0. The molecule has 0 bridgehead atoms. The third-order valence-electron chi connectivity index (χ3n) is 4.39. The molecule has 0 spiro atoms. The van der Waals surface area contributed by atoms with Crippen molar-refractivity contribution in [2.75, 3.05) is 13.1 Å². The molecule has 3 atom stereocenters. The van der Waals surface area contributed by atoms with Crippen LogP contribution in [0.3, 0.4) is 0 Å². The van der Waals surface area contributed by atoms with Crippen molar-refractivity contribution in [1.82, 2.24) is 4.90 Å². The molecule has 2 aliphatic rings. The van der Waals surface area contributed by atoms with Crippen molar-refractivity contribution in [3.05, 3.63) is 0 Å². The second-order valence-corrected chi connectivity index (χ2v) is 6.57. The van der Waals surface area contributed by atoms with Gasteiger partial charge in [-0.05, 0) is 37.6 Å². The first-order valence-electron chi connectivity index (χ1n) is 6.68. The third-order valence-corrected chi connectivity index (χ3v) is 4.39. The number of nitrogens with zero attached hydrogens (tertiary/aromatic N) is 1. The lowest BCUT2D eigenvalue weighted by Crippen LogP contribution is -2.50. The van der Waals surface area contributed by atoms with E-state index in [9.17, 15) is 18.3 Å². The zero-order valence-electron chi connectivity index (χ0n) is 11.0. The molecule has 0 aromatic carbocycles. The van der Waals surface area contributed by atoms with E-state index in [0.29, 0.717) is 6.54 Å². The summed E-state index contributed by atoms with van der Waals surface area (Å²) in [5.41, 5.74) is 0.0958. The molecule has 2 fully saturated rings. The second-order valence-electron chi connectivity index (χ2n) is 6.57. The molecular formula is C13H22F3NO. The van der Waals surface area contributed by atoms with Crippen LogP contribution in [0.4, 0.5) is 13.2 Å². The van der Waals surface area contributed by atoms with Crippen LogP contribution in [0.5, 0.6) is 0 Å². The zero-order chi connectivity index (χ0) is 13.6. The Balaban J connectivity index is 2.11. The van der Waals surface area contributed by atoms with E-state index in [2.05, 4.69) is 13.8 Å². The van der Waals surface area contributed by atoms with Gasteiger partial charge in [0.2, 0.25) is 0 Å². The smallest absolute Gasteiger partial charge is 0.393 e. The number of rotatable bonds is 1. The van der Waals surface area contributed by atoms with Gasteiger partial charge in [0.15, 0.2) is 0 Å². The minimum Gasteiger partial charge on any atom is -0.393 e. The van der Waals surface area contributed by atoms with Gasteiger partial charge < -0.3 is 5.11 Å². The summed E-state index contributed by atoms with van der Waals surface area (Å²) in [5.74, 6) is -1.27. The van der Waals surface area contributed by atoms with Crippen LogP contribution in [-0.4, -0.2) is 41.4 Å². The quantitative estimate of drug-likeness (QED) is 0.788. The molecule has 0 aromatic heterocycles. The van der Waals surface area contributed by atoms with Crippen LogP contribution in [0.1, 0.15) is 39.5 Å². The topological polar surface area (TPSA) is 23.5 Å². The minimum atomic E-state index is -4.14. The van der Waals surface area contributed by atoms with E-state index < -0.39 is 24.2 Å². The van der Waals surface area contributed by atoms with E-state index in [4.69, 9.17) is 0 Å². The van der Waals surface area contributed by atoms with Gasteiger partial charge in [-0.15, -0.1) is 0 Å². The second kappa shape index (κ2) is 4.67. The average molecular weight is 265 g/mol. The van der Waals surface area contributed by atoms with Crippen LogP contribution in [-0.2, 0) is 0 Å². The molecule has 1 saturated heterocycles. The van der Waals surface area contributed by atoms with Crippen molar-refractivity contribution in [2.24, 2.45) is 11.3 Å². The van der Waals surface area contributed by atoms with Gasteiger partial charge in [0.25, 0.3) is 0 Å². The summed E-state index contributed by atoms with van der Waals surface area (Å²) in [6.45, 7) is 5.61. The van der Waals surface area contributed by atoms with E-state index >= 15 is 0 Å². The molecule has 2 rings (SSSR count). The summed E-state index contributed by atoms with van der Waals surface area (Å²) >= 11 is 0. The molecule has 0 aromatic rings. The fourth-order valence-electron chi connectivity index (χ4n) is 3.35. The molecule has 3 unspecified atom stereocenters. The third kappa shape index (κ3) is 2.99. The fraction of sp³-hybridized carbons (Fsp3) is 1.00. The van der Waals surface area contributed by atoms with E-state index in [1.807, 2.05) is 4.90 Å². The molecule has 5 heteroatoms. The van der Waals surface area contributed by atoms with Crippen LogP contribution in [0.2, 0.25) is 0 Å². The molecule has 2 nitrogen and oxygen atoms in total. The predicted octanol–water partition coefficient (Wildman–Crippen LogP) is 2.81. The Labute approximate surface area is 106 Å². The number of aliphatic hydroxyl groups excluding tert-OH is 1. The summed E-state index contributed by atoms with van der Waals surface area (Å²) in [6.07, 6.45) is -3.18. The largest absolute Gasteiger partial charge is 0.393 e. The lowest BCUT2D eigenvalue weighted by atomic mass is 9.81. The molecule has 0 radical (unpaired) electrons. The normalized spacial score (nSPS) is 38.0. The Bertz CT molecular complexity index is 303. The lowest BCUT2D eigenvalue weighted by Gasteiger charge is -2.41. The van der Waals surface area contributed by atoms with Crippen molar-refractivity contribution >= 4 is 0 Å². The van der Waals surface area contributed by atoms with Gasteiger partial charge in [-0.25, -0.2) is 0 Å². The highest BCUT2D eigenvalue weighted by Gasteiger charge is 2.50. The Morgan fingerprint density at radius 1 is 1.22 bits per heavy atom. The van der Waals surface area contributed by atoms with Crippen LogP contribution in [0, 0.1) is 11.3 Å². The first kappa shape index (κ1) is 14.1. The molecule has 18 heavy (non-hydrogen) atoms. The predicted molar refractivity (Wildman–Crippen MR) is 63.2 cm³/mol. The molecule has 1 aliphatic carbocycles. The highest BCUT2D eigenvalue weighted by molar-refractivity contribution is 4.95. The lowest BCUT2D eigenvalue weighted by molar-refractivity contribution is -0.204. The van der Waals surface area contributed by atoms with Crippen LogP contribution >= 0.6 is 0 Å².